The second kappa shape index (κ2) is 6.34. The van der Waals surface area contributed by atoms with Gasteiger partial charge in [0.05, 0.1) is 13.0 Å². The van der Waals surface area contributed by atoms with Gasteiger partial charge in [-0.1, -0.05) is 0 Å². The predicted molar refractivity (Wildman–Crippen MR) is 49.9 cm³/mol. The van der Waals surface area contributed by atoms with Crippen molar-refractivity contribution in [1.82, 2.24) is 0 Å². The number of rotatable bonds is 5. The van der Waals surface area contributed by atoms with Gasteiger partial charge in [0.2, 0.25) is 0 Å². The van der Waals surface area contributed by atoms with Crippen molar-refractivity contribution < 1.29 is 14.3 Å². The number of ether oxygens (including phenoxy) is 1. The molecule has 74 valence electrons. The topological polar surface area (TPSA) is 55.7 Å². The van der Waals surface area contributed by atoms with Gasteiger partial charge in [0.1, 0.15) is 11.5 Å². The average molecular weight is 185 g/mol. The first kappa shape index (κ1) is 11.8. The molecule has 0 unspecified atom stereocenters. The van der Waals surface area contributed by atoms with Crippen molar-refractivity contribution in [3.05, 3.63) is 0 Å². The minimum absolute atomic E-state index is 0.0622. The summed E-state index contributed by atoms with van der Waals surface area (Å²) in [6, 6.07) is 0. The number of carbonyl (C=O) groups is 2. The molecule has 0 fully saturated rings. The lowest BCUT2D eigenvalue weighted by molar-refractivity contribution is -0.135. The largest absolute Gasteiger partial charge is 0.462 e. The van der Waals surface area contributed by atoms with E-state index in [1.165, 1.54) is 6.92 Å². The summed E-state index contributed by atoms with van der Waals surface area (Å²) < 4.78 is 4.74. The van der Waals surface area contributed by atoms with Crippen LogP contribution in [-0.2, 0) is 14.3 Å². The van der Waals surface area contributed by atoms with Crippen molar-refractivity contribution in [1.29, 1.82) is 0 Å². The lowest BCUT2D eigenvalue weighted by atomic mass is 10.2. The molecule has 0 aromatic carbocycles. The molecule has 0 aromatic rings. The van der Waals surface area contributed by atoms with E-state index in [4.69, 9.17) is 4.74 Å². The highest BCUT2D eigenvalue weighted by Gasteiger charge is 2.13. The second-order valence-corrected chi connectivity index (χ2v) is 2.52. The fourth-order valence-corrected chi connectivity index (χ4v) is 0.834. The molecule has 0 radical (unpaired) electrons. The molecule has 4 heteroatoms. The Kier molecular flexibility index (Phi) is 5.76. The number of nitrogens with zero attached hydrogens (tertiary/aromatic N) is 1. The van der Waals surface area contributed by atoms with Gasteiger partial charge in [-0.15, -0.1) is 0 Å². The lowest BCUT2D eigenvalue weighted by Gasteiger charge is -2.03. The van der Waals surface area contributed by atoms with E-state index in [0.29, 0.717) is 13.2 Å². The fourth-order valence-electron chi connectivity index (χ4n) is 0.834. The maximum Gasteiger partial charge on any atom is 0.352 e. The van der Waals surface area contributed by atoms with Gasteiger partial charge in [0, 0.05) is 6.54 Å². The van der Waals surface area contributed by atoms with Crippen LogP contribution >= 0.6 is 0 Å². The molecule has 13 heavy (non-hydrogen) atoms. The highest BCUT2D eigenvalue weighted by atomic mass is 16.5. The van der Waals surface area contributed by atoms with Gasteiger partial charge >= 0.3 is 5.97 Å². The van der Waals surface area contributed by atoms with Crippen molar-refractivity contribution in [3.63, 3.8) is 0 Å². The summed E-state index contributed by atoms with van der Waals surface area (Å²) in [5.41, 5.74) is 0.219. The van der Waals surface area contributed by atoms with E-state index in [-0.39, 0.29) is 17.9 Å². The van der Waals surface area contributed by atoms with Crippen LogP contribution in [0.4, 0.5) is 0 Å². The smallest absolute Gasteiger partial charge is 0.352 e. The zero-order valence-electron chi connectivity index (χ0n) is 8.29. The summed E-state index contributed by atoms with van der Waals surface area (Å²) in [6.07, 6.45) is 0.0622. The Balaban J connectivity index is 4.33. The minimum atomic E-state index is -0.487. The molecule has 0 atom stereocenters. The van der Waals surface area contributed by atoms with Gasteiger partial charge in [0.25, 0.3) is 0 Å². The van der Waals surface area contributed by atoms with Gasteiger partial charge in [0.15, 0.2) is 0 Å². The molecule has 4 nitrogen and oxygen atoms in total. The molecule has 0 aliphatic rings. The van der Waals surface area contributed by atoms with Crippen LogP contribution in [0.1, 0.15) is 27.2 Å². The lowest BCUT2D eigenvalue weighted by Crippen LogP contribution is -2.20. The van der Waals surface area contributed by atoms with Crippen molar-refractivity contribution >= 4 is 17.5 Å². The van der Waals surface area contributed by atoms with E-state index in [9.17, 15) is 9.59 Å². The highest BCUT2D eigenvalue weighted by Crippen LogP contribution is 1.93. The SMILES string of the molecule is CC/N=C(\CC(C)=O)C(=O)OCC. The van der Waals surface area contributed by atoms with Gasteiger partial charge in [-0.2, -0.15) is 0 Å². The monoisotopic (exact) mass is 185 g/mol. The number of ketones is 1. The van der Waals surface area contributed by atoms with Crippen LogP contribution in [0.3, 0.4) is 0 Å². The van der Waals surface area contributed by atoms with E-state index in [2.05, 4.69) is 4.99 Å². The third-order valence-electron chi connectivity index (χ3n) is 1.28. The summed E-state index contributed by atoms with van der Waals surface area (Å²) >= 11 is 0. The summed E-state index contributed by atoms with van der Waals surface area (Å²) in [5.74, 6) is -0.570. The van der Waals surface area contributed by atoms with Crippen LogP contribution in [0.25, 0.3) is 0 Å². The normalized spacial score (nSPS) is 11.2. The third-order valence-corrected chi connectivity index (χ3v) is 1.28. The molecular weight excluding hydrogens is 170 g/mol. The second-order valence-electron chi connectivity index (χ2n) is 2.52. The van der Waals surface area contributed by atoms with Crippen molar-refractivity contribution in [2.75, 3.05) is 13.2 Å². The molecule has 0 aliphatic heterocycles. The fraction of sp³-hybridized carbons (Fsp3) is 0.667. The molecule has 0 spiro atoms. The Morgan fingerprint density at radius 1 is 1.31 bits per heavy atom. The van der Waals surface area contributed by atoms with Crippen LogP contribution in [0.2, 0.25) is 0 Å². The van der Waals surface area contributed by atoms with E-state index in [0.717, 1.165) is 0 Å². The number of Topliss-reactive ketones (excluding diaryl/α,β-unsaturated/α-hetero) is 1. The zero-order chi connectivity index (χ0) is 10.3. The van der Waals surface area contributed by atoms with Gasteiger partial charge < -0.3 is 4.74 Å². The molecule has 0 heterocycles. The Morgan fingerprint density at radius 2 is 1.92 bits per heavy atom. The minimum Gasteiger partial charge on any atom is -0.462 e. The standard InChI is InChI=1S/C9H15NO3/c1-4-10-8(6-7(3)11)9(12)13-5-2/h4-6H2,1-3H3/b10-8+. The van der Waals surface area contributed by atoms with E-state index < -0.39 is 5.97 Å². The first-order valence-electron chi connectivity index (χ1n) is 4.31. The van der Waals surface area contributed by atoms with Crippen LogP contribution < -0.4 is 0 Å². The predicted octanol–water partition coefficient (Wildman–Crippen LogP) is 0.989. The Bertz CT molecular complexity index is 221. The molecule has 0 amide bonds. The van der Waals surface area contributed by atoms with Crippen molar-refractivity contribution in [3.8, 4) is 0 Å². The highest BCUT2D eigenvalue weighted by molar-refractivity contribution is 6.39. The maximum atomic E-state index is 11.2. The van der Waals surface area contributed by atoms with Gasteiger partial charge in [-0.3, -0.25) is 9.79 Å². The number of esters is 1. The molecule has 0 saturated carbocycles. The van der Waals surface area contributed by atoms with Crippen molar-refractivity contribution in [2.45, 2.75) is 27.2 Å². The molecule has 0 saturated heterocycles. The molecule has 0 aliphatic carbocycles. The van der Waals surface area contributed by atoms with Crippen LogP contribution in [-0.4, -0.2) is 30.6 Å². The Labute approximate surface area is 78.0 Å². The first-order chi connectivity index (χ1) is 6.11. The summed E-state index contributed by atoms with van der Waals surface area (Å²) in [5, 5.41) is 0. The maximum absolute atomic E-state index is 11.2. The molecule has 0 N–H and O–H groups in total. The van der Waals surface area contributed by atoms with Crippen LogP contribution in [0.5, 0.6) is 0 Å². The summed E-state index contributed by atoms with van der Waals surface area (Å²) in [6.45, 7) is 5.74. The average Bonchev–Trinajstić information content (AvgIpc) is 2.03. The molecule has 0 aromatic heterocycles. The molecule has 0 rings (SSSR count). The van der Waals surface area contributed by atoms with Crippen LogP contribution in [0.15, 0.2) is 4.99 Å². The zero-order valence-corrected chi connectivity index (χ0v) is 8.29. The summed E-state index contributed by atoms with van der Waals surface area (Å²) in [7, 11) is 0. The van der Waals surface area contributed by atoms with Gasteiger partial charge in [-0.05, 0) is 20.8 Å². The van der Waals surface area contributed by atoms with E-state index >= 15 is 0 Å². The molecular formula is C9H15NO3. The number of carbonyl (C=O) groups excluding carboxylic acids is 2. The first-order valence-corrected chi connectivity index (χ1v) is 4.31. The van der Waals surface area contributed by atoms with E-state index in [1.807, 2.05) is 0 Å². The van der Waals surface area contributed by atoms with Crippen molar-refractivity contribution in [2.24, 2.45) is 4.99 Å². The quantitative estimate of drug-likeness (QED) is 0.474. The molecule has 0 bridgehead atoms. The van der Waals surface area contributed by atoms with E-state index in [1.54, 1.807) is 13.8 Å². The Hall–Kier alpha value is -1.19. The van der Waals surface area contributed by atoms with Gasteiger partial charge in [-0.25, -0.2) is 4.79 Å². The van der Waals surface area contributed by atoms with Crippen LogP contribution in [0, 0.1) is 0 Å². The number of aliphatic imine (C=N–C) groups is 1. The summed E-state index contributed by atoms with van der Waals surface area (Å²) in [4.78, 5) is 25.8. The number of hydrogen-bond acceptors (Lipinski definition) is 4. The number of hydrogen-bond donors (Lipinski definition) is 0. The Morgan fingerprint density at radius 3 is 2.31 bits per heavy atom. The third kappa shape index (κ3) is 5.11.